The lowest BCUT2D eigenvalue weighted by Crippen LogP contribution is -2.46. The van der Waals surface area contributed by atoms with Crippen LogP contribution in [0.5, 0.6) is 0 Å². The molecule has 3 nitrogen and oxygen atoms in total. The van der Waals surface area contributed by atoms with Crippen LogP contribution in [0.4, 0.5) is 0 Å². The van der Waals surface area contributed by atoms with Crippen LogP contribution in [0.15, 0.2) is 30.3 Å². The highest BCUT2D eigenvalue weighted by atomic mass is 16.2. The largest absolute Gasteiger partial charge is 0.346 e. The van der Waals surface area contributed by atoms with Gasteiger partial charge in [0.2, 0.25) is 5.91 Å². The number of nitrogens with one attached hydrogen (secondary N) is 1. The van der Waals surface area contributed by atoms with Gasteiger partial charge in [0, 0.05) is 5.92 Å². The van der Waals surface area contributed by atoms with Crippen LogP contribution in [0.3, 0.4) is 0 Å². The van der Waals surface area contributed by atoms with Gasteiger partial charge in [-0.25, -0.2) is 0 Å². The molecule has 0 radical (unpaired) electrons. The third-order valence-corrected chi connectivity index (χ3v) is 3.78. The number of hydrogen-bond acceptors (Lipinski definition) is 2. The number of carbonyl (C=O) groups excluding carboxylic acids is 2. The summed E-state index contributed by atoms with van der Waals surface area (Å²) in [6.07, 6.45) is 1.56. The van der Waals surface area contributed by atoms with Gasteiger partial charge in [-0.2, -0.15) is 0 Å². The summed E-state index contributed by atoms with van der Waals surface area (Å²) in [4.78, 5) is 23.9. The molecule has 1 rings (SSSR count). The van der Waals surface area contributed by atoms with Gasteiger partial charge in [0.25, 0.3) is 0 Å². The van der Waals surface area contributed by atoms with E-state index in [1.165, 1.54) is 0 Å². The zero-order valence-electron chi connectivity index (χ0n) is 12.8. The van der Waals surface area contributed by atoms with Gasteiger partial charge in [-0.15, -0.1) is 0 Å². The Morgan fingerprint density at radius 3 is 2.25 bits per heavy atom. The highest BCUT2D eigenvalue weighted by molar-refractivity contribution is 5.88. The monoisotopic (exact) mass is 275 g/mol. The summed E-state index contributed by atoms with van der Waals surface area (Å²) in [5, 5.41) is 2.90. The average Bonchev–Trinajstić information content (AvgIpc) is 2.44. The Labute approximate surface area is 121 Å². The van der Waals surface area contributed by atoms with Gasteiger partial charge >= 0.3 is 0 Å². The van der Waals surface area contributed by atoms with E-state index in [4.69, 9.17) is 0 Å². The van der Waals surface area contributed by atoms with Crippen LogP contribution < -0.4 is 5.32 Å². The molecule has 110 valence electrons. The molecule has 0 bridgehead atoms. The number of benzene rings is 1. The lowest BCUT2D eigenvalue weighted by molar-refractivity contribution is -0.130. The fourth-order valence-electron chi connectivity index (χ4n) is 2.24. The predicted molar refractivity (Wildman–Crippen MR) is 81.4 cm³/mol. The van der Waals surface area contributed by atoms with Gasteiger partial charge in [0.05, 0.1) is 6.04 Å². The van der Waals surface area contributed by atoms with Crippen molar-refractivity contribution in [1.82, 2.24) is 5.32 Å². The Kier molecular flexibility index (Phi) is 6.43. The molecule has 0 unspecified atom stereocenters. The van der Waals surface area contributed by atoms with E-state index in [2.05, 4.69) is 5.32 Å². The summed E-state index contributed by atoms with van der Waals surface area (Å²) in [6.45, 7) is 7.46. The van der Waals surface area contributed by atoms with E-state index in [1.54, 1.807) is 6.92 Å². The molecule has 0 aromatic heterocycles. The molecular formula is C17H25NO2. The number of hydrogen-bond donors (Lipinski definition) is 1. The number of ketones is 1. The number of amides is 1. The Morgan fingerprint density at radius 1 is 1.15 bits per heavy atom. The van der Waals surface area contributed by atoms with E-state index < -0.39 is 0 Å². The topological polar surface area (TPSA) is 46.2 Å². The van der Waals surface area contributed by atoms with Crippen molar-refractivity contribution < 1.29 is 9.59 Å². The lowest BCUT2D eigenvalue weighted by atomic mass is 9.94. The van der Waals surface area contributed by atoms with E-state index >= 15 is 0 Å². The quantitative estimate of drug-likeness (QED) is 0.831. The van der Waals surface area contributed by atoms with E-state index in [9.17, 15) is 9.59 Å². The van der Waals surface area contributed by atoms with Gasteiger partial charge in [-0.05, 0) is 24.8 Å². The fraction of sp³-hybridized carbons (Fsp3) is 0.529. The minimum atomic E-state index is -0.370. The maximum Gasteiger partial charge on any atom is 0.223 e. The van der Waals surface area contributed by atoms with Crippen LogP contribution in [0.1, 0.15) is 39.7 Å². The highest BCUT2D eigenvalue weighted by Crippen LogP contribution is 2.12. The molecule has 0 heterocycles. The standard InChI is InChI=1S/C17H25NO2/c1-5-12(2)16(14(4)19)18-17(20)13(3)11-15-9-7-6-8-10-15/h6-10,12-13,16H,5,11H2,1-4H3,(H,18,20)/t12-,13-,16-/m0/s1. The van der Waals surface area contributed by atoms with Gasteiger partial charge in [-0.1, -0.05) is 57.5 Å². The summed E-state index contributed by atoms with van der Waals surface area (Å²) < 4.78 is 0. The van der Waals surface area contributed by atoms with Crippen molar-refractivity contribution in [3.05, 3.63) is 35.9 Å². The maximum atomic E-state index is 12.2. The second-order valence-electron chi connectivity index (χ2n) is 5.57. The molecule has 0 aliphatic rings. The SMILES string of the molecule is CC[C@H](C)[C@H](NC(=O)[C@@H](C)Cc1ccccc1)C(C)=O. The smallest absolute Gasteiger partial charge is 0.223 e. The van der Waals surface area contributed by atoms with E-state index in [-0.39, 0.29) is 29.6 Å². The van der Waals surface area contributed by atoms with Crippen molar-refractivity contribution in [1.29, 1.82) is 0 Å². The van der Waals surface area contributed by atoms with Crippen LogP contribution >= 0.6 is 0 Å². The zero-order chi connectivity index (χ0) is 15.1. The van der Waals surface area contributed by atoms with E-state index in [1.807, 2.05) is 51.1 Å². The van der Waals surface area contributed by atoms with Crippen molar-refractivity contribution >= 4 is 11.7 Å². The van der Waals surface area contributed by atoms with Crippen LogP contribution in [-0.4, -0.2) is 17.7 Å². The van der Waals surface area contributed by atoms with Gasteiger partial charge in [-0.3, -0.25) is 9.59 Å². The summed E-state index contributed by atoms with van der Waals surface area (Å²) in [6, 6.07) is 9.56. The van der Waals surface area contributed by atoms with Crippen LogP contribution in [0.2, 0.25) is 0 Å². The number of rotatable bonds is 7. The predicted octanol–water partition coefficient (Wildman–Crippen LogP) is 2.99. The van der Waals surface area contributed by atoms with Crippen molar-refractivity contribution in [2.75, 3.05) is 0 Å². The molecule has 0 spiro atoms. The average molecular weight is 275 g/mol. The molecule has 0 aliphatic heterocycles. The molecule has 0 fully saturated rings. The summed E-state index contributed by atoms with van der Waals surface area (Å²) in [5.74, 6) is 0.0117. The highest BCUT2D eigenvalue weighted by Gasteiger charge is 2.24. The lowest BCUT2D eigenvalue weighted by Gasteiger charge is -2.23. The molecule has 3 atom stereocenters. The van der Waals surface area contributed by atoms with Crippen LogP contribution in [-0.2, 0) is 16.0 Å². The molecule has 1 aromatic carbocycles. The Hall–Kier alpha value is -1.64. The molecule has 0 aliphatic carbocycles. The molecule has 1 amide bonds. The van der Waals surface area contributed by atoms with Crippen molar-refractivity contribution in [2.45, 2.75) is 46.6 Å². The molecule has 0 saturated heterocycles. The summed E-state index contributed by atoms with van der Waals surface area (Å²) in [5.41, 5.74) is 1.14. The second kappa shape index (κ2) is 7.83. The first-order chi connectivity index (χ1) is 9.45. The first-order valence-corrected chi connectivity index (χ1v) is 7.30. The number of carbonyl (C=O) groups is 2. The Balaban J connectivity index is 2.62. The molecule has 1 N–H and O–H groups in total. The Morgan fingerprint density at radius 2 is 1.75 bits per heavy atom. The zero-order valence-corrected chi connectivity index (χ0v) is 12.8. The maximum absolute atomic E-state index is 12.2. The van der Waals surface area contributed by atoms with Crippen molar-refractivity contribution in [3.63, 3.8) is 0 Å². The normalized spacial score (nSPS) is 15.2. The molecular weight excluding hydrogens is 250 g/mol. The molecule has 3 heteroatoms. The van der Waals surface area contributed by atoms with Crippen LogP contribution in [0, 0.1) is 11.8 Å². The first kappa shape index (κ1) is 16.4. The number of Topliss-reactive ketones (excluding diaryl/α,β-unsaturated/α-hetero) is 1. The third-order valence-electron chi connectivity index (χ3n) is 3.78. The van der Waals surface area contributed by atoms with E-state index in [0.717, 1.165) is 12.0 Å². The van der Waals surface area contributed by atoms with Gasteiger partial charge in [0.15, 0.2) is 5.78 Å². The van der Waals surface area contributed by atoms with Crippen LogP contribution in [0.25, 0.3) is 0 Å². The molecule has 1 aromatic rings. The fourth-order valence-corrected chi connectivity index (χ4v) is 2.24. The van der Waals surface area contributed by atoms with Gasteiger partial charge < -0.3 is 5.32 Å². The summed E-state index contributed by atoms with van der Waals surface area (Å²) >= 11 is 0. The second-order valence-corrected chi connectivity index (χ2v) is 5.57. The van der Waals surface area contributed by atoms with Crippen molar-refractivity contribution in [2.24, 2.45) is 11.8 Å². The van der Waals surface area contributed by atoms with E-state index in [0.29, 0.717) is 6.42 Å². The van der Waals surface area contributed by atoms with Gasteiger partial charge in [0.1, 0.15) is 0 Å². The minimum Gasteiger partial charge on any atom is -0.346 e. The summed E-state index contributed by atoms with van der Waals surface area (Å²) in [7, 11) is 0. The Bertz CT molecular complexity index is 442. The third kappa shape index (κ3) is 4.80. The first-order valence-electron chi connectivity index (χ1n) is 7.30. The minimum absolute atomic E-state index is 0.0274. The molecule has 20 heavy (non-hydrogen) atoms. The van der Waals surface area contributed by atoms with Crippen molar-refractivity contribution in [3.8, 4) is 0 Å². The molecule has 0 saturated carbocycles.